The summed E-state index contributed by atoms with van der Waals surface area (Å²) >= 11 is 0. The van der Waals surface area contributed by atoms with Crippen LogP contribution in [0, 0.1) is 18.7 Å². The molecule has 1 aliphatic carbocycles. The van der Waals surface area contributed by atoms with Gasteiger partial charge < -0.3 is 24.5 Å². The molecule has 0 radical (unpaired) electrons. The lowest BCUT2D eigenvalue weighted by Crippen LogP contribution is -2.40. The molecule has 1 saturated carbocycles. The van der Waals surface area contributed by atoms with E-state index in [1.807, 2.05) is 37.3 Å². The van der Waals surface area contributed by atoms with E-state index in [-0.39, 0.29) is 35.5 Å². The molecule has 5 fully saturated rings. The van der Waals surface area contributed by atoms with E-state index in [0.717, 1.165) is 65.3 Å². The molecule has 1 amide bonds. The van der Waals surface area contributed by atoms with Gasteiger partial charge in [-0.15, -0.1) is 0 Å². The van der Waals surface area contributed by atoms with Gasteiger partial charge in [0.1, 0.15) is 24.0 Å². The van der Waals surface area contributed by atoms with Crippen LogP contribution in [0.25, 0.3) is 43.7 Å². The van der Waals surface area contributed by atoms with E-state index in [9.17, 15) is 9.90 Å². The molecule has 4 aliphatic heterocycles. The van der Waals surface area contributed by atoms with Crippen LogP contribution in [-0.4, -0.2) is 82.0 Å². The van der Waals surface area contributed by atoms with Gasteiger partial charge in [-0.3, -0.25) is 9.80 Å². The van der Waals surface area contributed by atoms with Crippen LogP contribution in [0.15, 0.2) is 48.5 Å². The molecule has 48 heavy (non-hydrogen) atoms. The maximum absolute atomic E-state index is 17.4. The van der Waals surface area contributed by atoms with Crippen molar-refractivity contribution in [2.45, 2.75) is 63.9 Å². The molecule has 6 heterocycles. The van der Waals surface area contributed by atoms with Crippen molar-refractivity contribution >= 4 is 38.7 Å². The Morgan fingerprint density at radius 1 is 1.15 bits per heavy atom. The summed E-state index contributed by atoms with van der Waals surface area (Å²) in [6.45, 7) is 7.23. The van der Waals surface area contributed by atoms with E-state index in [4.69, 9.17) is 14.5 Å². The van der Waals surface area contributed by atoms with Gasteiger partial charge in [0.2, 0.25) is 5.88 Å². The lowest BCUT2D eigenvalue weighted by Gasteiger charge is -2.38. The number of pyridine rings is 1. The first-order valence-electron chi connectivity index (χ1n) is 17.2. The van der Waals surface area contributed by atoms with E-state index < -0.39 is 5.82 Å². The van der Waals surface area contributed by atoms with Gasteiger partial charge in [-0.25, -0.2) is 14.2 Å². The number of phenols is 1. The SMILES string of the molecule is Cc1cc2c(nc(O[C@@H](C)C3CCCN3C)c3cc(CN4CCOC4=O)n([C@H]4[C@H]5CN[C@@H]4C5)c32)c(F)c1-c1cc(O)cc2ccccc12. The number of aromatic nitrogens is 2. The number of nitrogens with zero attached hydrogens (tertiary/aromatic N) is 4. The molecule has 10 rings (SSSR count). The fourth-order valence-corrected chi connectivity index (χ4v) is 9.01. The van der Waals surface area contributed by atoms with Crippen molar-refractivity contribution in [2.24, 2.45) is 5.92 Å². The zero-order valence-corrected chi connectivity index (χ0v) is 27.5. The van der Waals surface area contributed by atoms with Gasteiger partial charge in [0, 0.05) is 35.3 Å². The third-order valence-electron chi connectivity index (χ3n) is 11.4. The highest BCUT2D eigenvalue weighted by molar-refractivity contribution is 6.10. The van der Waals surface area contributed by atoms with E-state index >= 15 is 4.39 Å². The predicted octanol–water partition coefficient (Wildman–Crippen LogP) is 6.51. The van der Waals surface area contributed by atoms with E-state index in [1.165, 1.54) is 0 Å². The Morgan fingerprint density at radius 3 is 2.73 bits per heavy atom. The highest BCUT2D eigenvalue weighted by atomic mass is 19.1. The van der Waals surface area contributed by atoms with Crippen molar-refractivity contribution in [2.75, 3.05) is 33.3 Å². The molecule has 10 heteroatoms. The number of hydrogen-bond acceptors (Lipinski definition) is 7. The smallest absolute Gasteiger partial charge is 0.410 e. The summed E-state index contributed by atoms with van der Waals surface area (Å²) in [6.07, 6.45) is 2.74. The monoisotopic (exact) mass is 649 g/mol. The summed E-state index contributed by atoms with van der Waals surface area (Å²) in [6, 6.07) is 15.9. The fourth-order valence-electron chi connectivity index (χ4n) is 9.01. The third-order valence-corrected chi connectivity index (χ3v) is 11.4. The van der Waals surface area contributed by atoms with Gasteiger partial charge in [0.05, 0.1) is 30.0 Å². The molecule has 2 bridgehead atoms. The maximum Gasteiger partial charge on any atom is 0.410 e. The first-order chi connectivity index (χ1) is 23.3. The number of amides is 1. The molecule has 5 aliphatic rings. The van der Waals surface area contributed by atoms with Crippen molar-refractivity contribution in [1.82, 2.24) is 24.7 Å². The molecule has 5 aromatic rings. The molecule has 1 unspecified atom stereocenters. The quantitative estimate of drug-likeness (QED) is 0.208. The number of hydrogen-bond donors (Lipinski definition) is 2. The third kappa shape index (κ3) is 4.49. The second-order valence-electron chi connectivity index (χ2n) is 14.2. The molecule has 5 atom stereocenters. The lowest BCUT2D eigenvalue weighted by atomic mass is 9.79. The minimum Gasteiger partial charge on any atom is -0.508 e. The van der Waals surface area contributed by atoms with Gasteiger partial charge in [-0.05, 0) is 98.8 Å². The molecule has 3 aromatic carbocycles. The van der Waals surface area contributed by atoms with E-state index in [1.54, 1.807) is 17.0 Å². The predicted molar refractivity (Wildman–Crippen MR) is 183 cm³/mol. The Hall–Kier alpha value is -4.41. The van der Waals surface area contributed by atoms with Crippen LogP contribution in [0.3, 0.4) is 0 Å². The van der Waals surface area contributed by atoms with Crippen molar-refractivity contribution < 1.29 is 23.8 Å². The number of aromatic hydroxyl groups is 1. The molecular formula is C38H40FN5O4. The van der Waals surface area contributed by atoms with Gasteiger partial charge in [0.15, 0.2) is 5.82 Å². The van der Waals surface area contributed by atoms with Crippen LogP contribution in [0.1, 0.15) is 43.5 Å². The zero-order valence-electron chi connectivity index (χ0n) is 27.5. The van der Waals surface area contributed by atoms with Crippen LogP contribution in [0.2, 0.25) is 0 Å². The maximum atomic E-state index is 17.4. The number of phenolic OH excluding ortho intramolecular Hbond substituents is 1. The number of carbonyl (C=O) groups excluding carboxylic acids is 1. The van der Waals surface area contributed by atoms with E-state index in [0.29, 0.717) is 54.0 Å². The van der Waals surface area contributed by atoms with Gasteiger partial charge >= 0.3 is 6.09 Å². The molecule has 2 N–H and O–H groups in total. The largest absolute Gasteiger partial charge is 0.508 e. The van der Waals surface area contributed by atoms with Crippen LogP contribution in [0.4, 0.5) is 9.18 Å². The number of rotatable bonds is 7. The Balaban J connectivity index is 1.31. The Kier molecular flexibility index (Phi) is 6.85. The first kappa shape index (κ1) is 29.7. The number of halogens is 1. The summed E-state index contributed by atoms with van der Waals surface area (Å²) in [5.41, 5.74) is 3.89. The minimum absolute atomic E-state index is 0.0801. The number of carbonyl (C=O) groups is 1. The summed E-state index contributed by atoms with van der Waals surface area (Å²) in [5.74, 6) is 0.488. The average molecular weight is 650 g/mol. The number of benzene rings is 3. The van der Waals surface area contributed by atoms with Crippen LogP contribution < -0.4 is 10.1 Å². The number of cyclic esters (lactones) is 1. The highest BCUT2D eigenvalue weighted by Gasteiger charge is 2.49. The zero-order chi connectivity index (χ0) is 32.8. The molecular weight excluding hydrogens is 609 g/mol. The van der Waals surface area contributed by atoms with Crippen molar-refractivity contribution in [3.05, 3.63) is 65.6 Å². The number of aryl methyl sites for hydroxylation is 1. The number of ether oxygens (including phenoxy) is 2. The van der Waals surface area contributed by atoms with Gasteiger partial charge in [-0.2, -0.15) is 0 Å². The Morgan fingerprint density at radius 2 is 2.00 bits per heavy atom. The summed E-state index contributed by atoms with van der Waals surface area (Å²) in [7, 11) is 2.12. The number of likely N-dealkylation sites (N-methyl/N-ethyl adjacent to an activating group) is 1. The van der Waals surface area contributed by atoms with Crippen molar-refractivity contribution in [1.29, 1.82) is 0 Å². The molecule has 4 saturated heterocycles. The number of likely N-dealkylation sites (tertiary alicyclic amines) is 1. The summed E-state index contributed by atoms with van der Waals surface area (Å²) in [4.78, 5) is 21.7. The number of nitrogens with one attached hydrogen (secondary N) is 1. The average Bonchev–Trinajstić information content (AvgIpc) is 3.90. The minimum atomic E-state index is -0.440. The molecule has 2 aromatic heterocycles. The number of fused-ring (bicyclic) bond motifs is 5. The van der Waals surface area contributed by atoms with Crippen LogP contribution >= 0.6 is 0 Å². The van der Waals surface area contributed by atoms with Gasteiger partial charge in [0.25, 0.3) is 0 Å². The summed E-state index contributed by atoms with van der Waals surface area (Å²) in [5, 5.41) is 17.6. The summed E-state index contributed by atoms with van der Waals surface area (Å²) < 4.78 is 31.8. The Bertz CT molecular complexity index is 2120. The first-order valence-corrected chi connectivity index (χ1v) is 17.2. The fraction of sp³-hybridized carbons (Fsp3) is 0.421. The van der Waals surface area contributed by atoms with Crippen molar-refractivity contribution in [3.8, 4) is 22.8 Å². The standard InChI is InChI=1S/C38H40FN5O4/c1-20-13-28-34(33(39)32(20)27-17-25(45)14-22-7-4-5-8-26(22)27)41-37(48-21(2)31-9-6-10-42(31)3)29-16-24(19-43-11-12-47-38(43)46)44(36(28)29)35-23-15-30(35)40-18-23/h4-5,7-8,13-14,16-17,21,23,30-31,35,40,45H,6,9-12,15,18-19H2,1-3H3/t21-,23+,30+,31?,35-/m0/s1. The second-order valence-corrected chi connectivity index (χ2v) is 14.2. The van der Waals surface area contributed by atoms with Crippen LogP contribution in [0.5, 0.6) is 11.6 Å². The normalized spacial score (nSPS) is 24.6. The van der Waals surface area contributed by atoms with Crippen molar-refractivity contribution in [3.63, 3.8) is 0 Å². The second kappa shape index (κ2) is 11.1. The lowest BCUT2D eigenvalue weighted by molar-refractivity contribution is 0.119. The molecule has 248 valence electrons. The van der Waals surface area contributed by atoms with Crippen LogP contribution in [-0.2, 0) is 11.3 Å². The van der Waals surface area contributed by atoms with Gasteiger partial charge in [-0.1, -0.05) is 24.3 Å². The topological polar surface area (TPSA) is 92.1 Å². The molecule has 9 nitrogen and oxygen atoms in total. The Labute approximate surface area is 278 Å². The highest BCUT2D eigenvalue weighted by Crippen LogP contribution is 2.49. The van der Waals surface area contributed by atoms with E-state index in [2.05, 4.69) is 34.8 Å². The molecule has 0 spiro atoms.